The highest BCUT2D eigenvalue weighted by atomic mass is 32.2. The molecular weight excluding hydrogens is 410 g/mol. The molecule has 0 aliphatic carbocycles. The van der Waals surface area contributed by atoms with Gasteiger partial charge in [-0.15, -0.1) is 0 Å². The number of thioether (sulfide) groups is 1. The number of alkyl carbamates (subject to hydrolysis) is 1. The van der Waals surface area contributed by atoms with E-state index in [1.807, 2.05) is 20.8 Å². The summed E-state index contributed by atoms with van der Waals surface area (Å²) in [6.07, 6.45) is -0.372. The lowest BCUT2D eigenvalue weighted by Gasteiger charge is -2.20. The van der Waals surface area contributed by atoms with Gasteiger partial charge in [-0.3, -0.25) is 0 Å². The first-order chi connectivity index (χ1) is 14.5. The fraction of sp³-hybridized carbons (Fsp3) is 0.950. The third-order valence-electron chi connectivity index (χ3n) is 3.80. The molecule has 0 aromatic heterocycles. The van der Waals surface area contributed by atoms with Crippen LogP contribution in [0.5, 0.6) is 0 Å². The van der Waals surface area contributed by atoms with Crippen molar-refractivity contribution in [3.8, 4) is 0 Å². The van der Waals surface area contributed by atoms with Crippen molar-refractivity contribution < 1.29 is 28.5 Å². The number of rotatable bonds is 5. The van der Waals surface area contributed by atoms with Crippen molar-refractivity contribution in [1.82, 2.24) is 16.0 Å². The van der Waals surface area contributed by atoms with Crippen LogP contribution in [0.25, 0.3) is 0 Å². The van der Waals surface area contributed by atoms with Crippen LogP contribution in [0.2, 0.25) is 0 Å². The Kier molecular flexibility index (Phi) is 16.4. The Hall–Kier alpha value is -0.620. The molecule has 1 rings (SSSR count). The van der Waals surface area contributed by atoms with Crippen LogP contribution in [-0.4, -0.2) is 108 Å². The monoisotopic (exact) mass is 451 g/mol. The lowest BCUT2D eigenvalue weighted by Crippen LogP contribution is -2.34. The van der Waals surface area contributed by atoms with Gasteiger partial charge in [0, 0.05) is 44.2 Å². The number of amides is 1. The van der Waals surface area contributed by atoms with Crippen molar-refractivity contribution in [3.63, 3.8) is 0 Å². The zero-order chi connectivity index (χ0) is 21.9. The van der Waals surface area contributed by atoms with Crippen LogP contribution in [0.3, 0.4) is 0 Å². The maximum atomic E-state index is 11.7. The third kappa shape index (κ3) is 18.2. The first kappa shape index (κ1) is 27.4. The molecule has 1 amide bonds. The summed E-state index contributed by atoms with van der Waals surface area (Å²) in [6, 6.07) is 0. The molecule has 1 fully saturated rings. The fourth-order valence-corrected chi connectivity index (χ4v) is 3.28. The number of hydrogen-bond acceptors (Lipinski definition) is 9. The van der Waals surface area contributed by atoms with E-state index >= 15 is 0 Å². The van der Waals surface area contributed by atoms with Crippen LogP contribution < -0.4 is 16.0 Å². The van der Waals surface area contributed by atoms with E-state index in [-0.39, 0.29) is 12.2 Å². The zero-order valence-electron chi connectivity index (χ0n) is 18.8. The van der Waals surface area contributed by atoms with Gasteiger partial charge in [-0.05, 0) is 20.8 Å². The Balaban J connectivity index is 2.22. The van der Waals surface area contributed by atoms with Gasteiger partial charge in [0.1, 0.15) is 5.60 Å². The molecular formula is C20H41N3O6S. The highest BCUT2D eigenvalue weighted by Gasteiger charge is 2.15. The first-order valence-electron chi connectivity index (χ1n) is 10.8. The molecule has 178 valence electrons. The molecule has 0 aromatic carbocycles. The molecule has 9 nitrogen and oxygen atoms in total. The average Bonchev–Trinajstić information content (AvgIpc) is 2.67. The molecule has 1 aliphatic heterocycles. The molecule has 1 unspecified atom stereocenters. The summed E-state index contributed by atoms with van der Waals surface area (Å²) in [7, 11) is 0. The lowest BCUT2D eigenvalue weighted by molar-refractivity contribution is -0.00362. The van der Waals surface area contributed by atoms with Crippen LogP contribution in [0.4, 0.5) is 4.79 Å². The molecule has 0 spiro atoms. The molecule has 0 aromatic rings. The minimum absolute atomic E-state index is 0.0109. The normalized spacial score (nSPS) is 21.9. The standard InChI is InChI=1S/C20H41N3O6S/c1-20(2,3)29-19(24)23-8-15-30-17-18-16-27-11-6-21-4-9-25-13-14-26-10-5-22-7-12-28-18/h18,21-22H,4-17H2,1-3H3,(H,23,24). The Morgan fingerprint density at radius 2 is 1.57 bits per heavy atom. The van der Waals surface area contributed by atoms with Gasteiger partial charge in [0.15, 0.2) is 0 Å². The van der Waals surface area contributed by atoms with Crippen LogP contribution in [0.1, 0.15) is 20.8 Å². The topological polar surface area (TPSA) is 99.3 Å². The van der Waals surface area contributed by atoms with Crippen LogP contribution in [0, 0.1) is 0 Å². The largest absolute Gasteiger partial charge is 0.444 e. The second-order valence-corrected chi connectivity index (χ2v) is 8.95. The van der Waals surface area contributed by atoms with Gasteiger partial charge in [0.2, 0.25) is 0 Å². The first-order valence-corrected chi connectivity index (χ1v) is 11.9. The van der Waals surface area contributed by atoms with Crippen molar-refractivity contribution >= 4 is 17.9 Å². The minimum atomic E-state index is -0.480. The molecule has 30 heavy (non-hydrogen) atoms. The van der Waals surface area contributed by atoms with Crippen LogP contribution in [-0.2, 0) is 23.7 Å². The van der Waals surface area contributed by atoms with E-state index < -0.39 is 5.60 Å². The van der Waals surface area contributed by atoms with Gasteiger partial charge >= 0.3 is 6.09 Å². The SMILES string of the molecule is CC(C)(C)OC(=O)NCCSCC1COCCNCCOCCOCCNCCO1. The number of hydrogen-bond donors (Lipinski definition) is 3. The number of carbonyl (C=O) groups excluding carboxylic acids is 1. The lowest BCUT2D eigenvalue weighted by atomic mass is 10.2. The molecule has 3 N–H and O–H groups in total. The van der Waals surface area contributed by atoms with Gasteiger partial charge in [0.05, 0.1) is 52.4 Å². The average molecular weight is 452 g/mol. The van der Waals surface area contributed by atoms with E-state index in [9.17, 15) is 4.79 Å². The van der Waals surface area contributed by atoms with Crippen molar-refractivity contribution in [1.29, 1.82) is 0 Å². The zero-order valence-corrected chi connectivity index (χ0v) is 19.7. The summed E-state index contributed by atoms with van der Waals surface area (Å²) < 4.78 is 28.0. The Morgan fingerprint density at radius 3 is 2.20 bits per heavy atom. The van der Waals surface area contributed by atoms with E-state index in [2.05, 4.69) is 16.0 Å². The van der Waals surface area contributed by atoms with Crippen molar-refractivity contribution in [2.45, 2.75) is 32.5 Å². The smallest absolute Gasteiger partial charge is 0.407 e. The van der Waals surface area contributed by atoms with E-state index in [1.165, 1.54) is 0 Å². The van der Waals surface area contributed by atoms with Gasteiger partial charge in [-0.2, -0.15) is 11.8 Å². The maximum Gasteiger partial charge on any atom is 0.407 e. The van der Waals surface area contributed by atoms with Crippen molar-refractivity contribution in [2.24, 2.45) is 0 Å². The molecule has 1 saturated heterocycles. The van der Waals surface area contributed by atoms with Gasteiger partial charge in [-0.1, -0.05) is 0 Å². The number of ether oxygens (including phenoxy) is 5. The van der Waals surface area contributed by atoms with E-state index in [0.717, 1.165) is 37.7 Å². The summed E-state index contributed by atoms with van der Waals surface area (Å²) in [4.78, 5) is 11.7. The minimum Gasteiger partial charge on any atom is -0.444 e. The summed E-state index contributed by atoms with van der Waals surface area (Å²) in [6.45, 7) is 13.6. The molecule has 0 radical (unpaired) electrons. The van der Waals surface area contributed by atoms with E-state index in [4.69, 9.17) is 23.7 Å². The van der Waals surface area contributed by atoms with Gasteiger partial charge in [0.25, 0.3) is 0 Å². The van der Waals surface area contributed by atoms with Gasteiger partial charge < -0.3 is 39.6 Å². The molecule has 1 heterocycles. The van der Waals surface area contributed by atoms with Crippen LogP contribution >= 0.6 is 11.8 Å². The second-order valence-electron chi connectivity index (χ2n) is 7.80. The highest BCUT2D eigenvalue weighted by Crippen LogP contribution is 2.08. The molecule has 1 aliphatic rings. The van der Waals surface area contributed by atoms with E-state index in [1.54, 1.807) is 11.8 Å². The van der Waals surface area contributed by atoms with Crippen LogP contribution in [0.15, 0.2) is 0 Å². The third-order valence-corrected chi connectivity index (χ3v) is 4.90. The summed E-state index contributed by atoms with van der Waals surface area (Å²) in [5.74, 6) is 1.59. The predicted octanol–water partition coefficient (Wildman–Crippen LogP) is 0.872. The Bertz CT molecular complexity index is 408. The quantitative estimate of drug-likeness (QED) is 0.526. The number of nitrogens with one attached hydrogen (secondary N) is 3. The number of carbonyl (C=O) groups is 1. The highest BCUT2D eigenvalue weighted by molar-refractivity contribution is 7.99. The summed E-state index contributed by atoms with van der Waals surface area (Å²) in [5.41, 5.74) is -0.480. The predicted molar refractivity (Wildman–Crippen MR) is 119 cm³/mol. The van der Waals surface area contributed by atoms with Gasteiger partial charge in [-0.25, -0.2) is 4.79 Å². The fourth-order valence-electron chi connectivity index (χ4n) is 2.42. The molecule has 1 atom stereocenters. The second kappa shape index (κ2) is 18.0. The van der Waals surface area contributed by atoms with Crippen molar-refractivity contribution in [3.05, 3.63) is 0 Å². The molecule has 0 bridgehead atoms. The molecule has 10 heteroatoms. The summed E-state index contributed by atoms with van der Waals surface area (Å²) >= 11 is 1.73. The Labute approximate surface area is 185 Å². The maximum absolute atomic E-state index is 11.7. The van der Waals surface area contributed by atoms with E-state index in [0.29, 0.717) is 52.8 Å². The van der Waals surface area contributed by atoms with Crippen molar-refractivity contribution in [2.75, 3.05) is 90.5 Å². The Morgan fingerprint density at radius 1 is 0.967 bits per heavy atom. The molecule has 0 saturated carbocycles. The summed E-state index contributed by atoms with van der Waals surface area (Å²) in [5, 5.41) is 9.37.